The summed E-state index contributed by atoms with van der Waals surface area (Å²) >= 11 is 1.89. The SMILES string of the molecule is CSCCC1CC(=O)C2CCCN1C2. The molecular weight excluding hydrogens is 194 g/mol. The predicted molar refractivity (Wildman–Crippen MR) is 60.7 cm³/mol. The first-order valence-electron chi connectivity index (χ1n) is 5.57. The average Bonchev–Trinajstić information content (AvgIpc) is 2.22. The van der Waals surface area contributed by atoms with Crippen LogP contribution in [0.15, 0.2) is 0 Å². The predicted octanol–water partition coefficient (Wildman–Crippen LogP) is 1.79. The molecule has 2 rings (SSSR count). The topological polar surface area (TPSA) is 20.3 Å². The lowest BCUT2D eigenvalue weighted by molar-refractivity contribution is -0.130. The van der Waals surface area contributed by atoms with Crippen molar-refractivity contribution in [3.63, 3.8) is 0 Å². The number of nitrogens with zero attached hydrogens (tertiary/aromatic N) is 1. The molecule has 2 bridgehead atoms. The van der Waals surface area contributed by atoms with Crippen LogP contribution in [0, 0.1) is 5.92 Å². The molecule has 0 amide bonds. The summed E-state index contributed by atoms with van der Waals surface area (Å²) in [6, 6.07) is 0.562. The van der Waals surface area contributed by atoms with Gasteiger partial charge in [0.25, 0.3) is 0 Å². The molecule has 0 aliphatic carbocycles. The fourth-order valence-corrected chi connectivity index (χ4v) is 3.18. The Hall–Kier alpha value is -0.0200. The molecule has 0 aromatic carbocycles. The van der Waals surface area contributed by atoms with Gasteiger partial charge in [0, 0.05) is 24.9 Å². The Kier molecular flexibility index (Phi) is 3.50. The van der Waals surface area contributed by atoms with Crippen molar-refractivity contribution in [3.05, 3.63) is 0 Å². The van der Waals surface area contributed by atoms with Crippen molar-refractivity contribution in [2.24, 2.45) is 5.92 Å². The highest BCUT2D eigenvalue weighted by molar-refractivity contribution is 7.98. The molecule has 2 saturated heterocycles. The largest absolute Gasteiger partial charge is 0.299 e. The van der Waals surface area contributed by atoms with Gasteiger partial charge < -0.3 is 0 Å². The first-order valence-corrected chi connectivity index (χ1v) is 6.96. The molecule has 80 valence electrons. The number of piperidine rings is 2. The van der Waals surface area contributed by atoms with Gasteiger partial charge in [0.2, 0.25) is 0 Å². The zero-order valence-corrected chi connectivity index (χ0v) is 9.68. The van der Waals surface area contributed by atoms with Crippen molar-refractivity contribution in [3.8, 4) is 0 Å². The summed E-state index contributed by atoms with van der Waals surface area (Å²) in [5, 5.41) is 0. The van der Waals surface area contributed by atoms with E-state index in [0.717, 1.165) is 19.4 Å². The van der Waals surface area contributed by atoms with E-state index >= 15 is 0 Å². The zero-order chi connectivity index (χ0) is 9.97. The second-order valence-corrected chi connectivity index (χ2v) is 5.43. The quantitative estimate of drug-likeness (QED) is 0.713. The summed E-state index contributed by atoms with van der Waals surface area (Å²) in [6.45, 7) is 2.28. The van der Waals surface area contributed by atoms with Crippen molar-refractivity contribution < 1.29 is 4.79 Å². The Morgan fingerprint density at radius 1 is 1.57 bits per heavy atom. The third-order valence-electron chi connectivity index (χ3n) is 3.52. The van der Waals surface area contributed by atoms with Gasteiger partial charge in [-0.3, -0.25) is 9.69 Å². The van der Waals surface area contributed by atoms with Gasteiger partial charge in [-0.15, -0.1) is 0 Å². The molecule has 0 N–H and O–H groups in total. The maximum atomic E-state index is 11.7. The van der Waals surface area contributed by atoms with Crippen LogP contribution in [0.3, 0.4) is 0 Å². The molecule has 3 heteroatoms. The van der Waals surface area contributed by atoms with E-state index in [2.05, 4.69) is 11.2 Å². The third-order valence-corrected chi connectivity index (χ3v) is 4.16. The highest BCUT2D eigenvalue weighted by Crippen LogP contribution is 2.29. The van der Waals surface area contributed by atoms with Crippen molar-refractivity contribution in [1.82, 2.24) is 4.90 Å². The number of hydrogen-bond donors (Lipinski definition) is 0. The van der Waals surface area contributed by atoms with Crippen molar-refractivity contribution in [1.29, 1.82) is 0 Å². The second-order valence-electron chi connectivity index (χ2n) is 4.44. The molecule has 2 aliphatic rings. The normalized spacial score (nSPS) is 37.2. The van der Waals surface area contributed by atoms with Gasteiger partial charge in [-0.25, -0.2) is 0 Å². The van der Waals surface area contributed by atoms with Gasteiger partial charge in [0.15, 0.2) is 0 Å². The minimum atomic E-state index is 0.384. The molecule has 14 heavy (non-hydrogen) atoms. The molecule has 2 heterocycles. The highest BCUT2D eigenvalue weighted by Gasteiger charge is 2.35. The second kappa shape index (κ2) is 4.67. The van der Waals surface area contributed by atoms with Crippen LogP contribution in [0.5, 0.6) is 0 Å². The molecule has 0 aromatic rings. The smallest absolute Gasteiger partial charge is 0.138 e. The number of rotatable bonds is 3. The van der Waals surface area contributed by atoms with Gasteiger partial charge in [-0.05, 0) is 37.8 Å². The van der Waals surface area contributed by atoms with E-state index < -0.39 is 0 Å². The van der Waals surface area contributed by atoms with E-state index in [4.69, 9.17) is 0 Å². The van der Waals surface area contributed by atoms with Crippen LogP contribution in [0.2, 0.25) is 0 Å². The van der Waals surface area contributed by atoms with Crippen molar-refractivity contribution >= 4 is 17.5 Å². The molecular formula is C11H19NOS. The molecule has 0 spiro atoms. The minimum Gasteiger partial charge on any atom is -0.299 e. The van der Waals surface area contributed by atoms with Crippen molar-refractivity contribution in [2.75, 3.05) is 25.1 Å². The van der Waals surface area contributed by atoms with Crippen LogP contribution in [0.4, 0.5) is 0 Å². The average molecular weight is 213 g/mol. The monoisotopic (exact) mass is 213 g/mol. The third kappa shape index (κ3) is 2.14. The summed E-state index contributed by atoms with van der Waals surface area (Å²) in [7, 11) is 0. The van der Waals surface area contributed by atoms with E-state index in [0.29, 0.717) is 17.7 Å². The van der Waals surface area contributed by atoms with Crippen LogP contribution in [0.1, 0.15) is 25.7 Å². The lowest BCUT2D eigenvalue weighted by Crippen LogP contribution is -2.51. The van der Waals surface area contributed by atoms with Gasteiger partial charge in [0.05, 0.1) is 0 Å². The van der Waals surface area contributed by atoms with E-state index in [-0.39, 0.29) is 0 Å². The number of thioether (sulfide) groups is 1. The van der Waals surface area contributed by atoms with Crippen LogP contribution >= 0.6 is 11.8 Å². The summed E-state index contributed by atoms with van der Waals surface area (Å²) < 4.78 is 0. The first-order chi connectivity index (χ1) is 6.81. The Labute approximate surface area is 90.4 Å². The summed E-state index contributed by atoms with van der Waals surface area (Å²) in [6.07, 6.45) is 6.53. The Morgan fingerprint density at radius 2 is 2.43 bits per heavy atom. The number of fused-ring (bicyclic) bond motifs is 2. The van der Waals surface area contributed by atoms with E-state index in [9.17, 15) is 4.79 Å². The van der Waals surface area contributed by atoms with E-state index in [1.807, 2.05) is 11.8 Å². The maximum Gasteiger partial charge on any atom is 0.138 e. The molecule has 3 atom stereocenters. The molecule has 3 unspecified atom stereocenters. The number of Topliss-reactive ketones (excluding diaryl/α,β-unsaturated/α-hetero) is 1. The molecule has 0 aromatic heterocycles. The number of carbonyl (C=O) groups excluding carboxylic acids is 1. The summed E-state index contributed by atoms with van der Waals surface area (Å²) in [5.41, 5.74) is 0. The van der Waals surface area contributed by atoms with Crippen LogP contribution in [-0.2, 0) is 4.79 Å². The molecule has 2 nitrogen and oxygen atoms in total. The molecule has 2 aliphatic heterocycles. The lowest BCUT2D eigenvalue weighted by atomic mass is 9.84. The van der Waals surface area contributed by atoms with E-state index in [1.165, 1.54) is 25.1 Å². The lowest BCUT2D eigenvalue weighted by Gasteiger charge is -2.42. The highest BCUT2D eigenvalue weighted by atomic mass is 32.2. The maximum absolute atomic E-state index is 11.7. The van der Waals surface area contributed by atoms with Gasteiger partial charge in [-0.2, -0.15) is 11.8 Å². The van der Waals surface area contributed by atoms with Crippen molar-refractivity contribution in [2.45, 2.75) is 31.7 Å². The molecule has 0 radical (unpaired) electrons. The Morgan fingerprint density at radius 3 is 3.21 bits per heavy atom. The van der Waals surface area contributed by atoms with Crippen LogP contribution in [-0.4, -0.2) is 41.8 Å². The first kappa shape index (κ1) is 10.5. The van der Waals surface area contributed by atoms with Gasteiger partial charge in [-0.1, -0.05) is 0 Å². The zero-order valence-electron chi connectivity index (χ0n) is 8.87. The minimum absolute atomic E-state index is 0.384. The van der Waals surface area contributed by atoms with Crippen LogP contribution in [0.25, 0.3) is 0 Å². The standard InChI is InChI=1S/C11H19NOS/c1-14-6-4-10-7-11(13)9-3-2-5-12(10)8-9/h9-10H,2-8H2,1H3. The van der Waals surface area contributed by atoms with E-state index in [1.54, 1.807) is 0 Å². The molecule has 0 saturated carbocycles. The number of carbonyl (C=O) groups is 1. The van der Waals surface area contributed by atoms with Gasteiger partial charge in [0.1, 0.15) is 5.78 Å². The number of ketones is 1. The number of hydrogen-bond acceptors (Lipinski definition) is 3. The fourth-order valence-electron chi connectivity index (χ4n) is 2.67. The summed E-state index contributed by atoms with van der Waals surface area (Å²) in [5.74, 6) is 2.11. The Bertz CT molecular complexity index is 219. The van der Waals surface area contributed by atoms with Crippen LogP contribution < -0.4 is 0 Å². The Balaban J connectivity index is 1.93. The molecule has 2 fully saturated rings. The summed E-state index contributed by atoms with van der Waals surface area (Å²) in [4.78, 5) is 14.3. The van der Waals surface area contributed by atoms with Gasteiger partial charge >= 0.3 is 0 Å². The fraction of sp³-hybridized carbons (Fsp3) is 0.909.